The van der Waals surface area contributed by atoms with Gasteiger partial charge in [0.25, 0.3) is 11.8 Å². The topological polar surface area (TPSA) is 110 Å². The largest absolute Gasteiger partial charge is 0.457 e. The fourth-order valence-corrected chi connectivity index (χ4v) is 3.27. The van der Waals surface area contributed by atoms with Gasteiger partial charge in [-0.15, -0.1) is 0 Å². The summed E-state index contributed by atoms with van der Waals surface area (Å²) in [5.41, 5.74) is 1.53. The van der Waals surface area contributed by atoms with Crippen LogP contribution in [0.5, 0.6) is 0 Å². The highest BCUT2D eigenvalue weighted by atomic mass is 16.5. The van der Waals surface area contributed by atoms with Crippen LogP contribution in [-0.2, 0) is 14.3 Å². The molecule has 0 bridgehead atoms. The van der Waals surface area contributed by atoms with E-state index in [1.807, 2.05) is 13.8 Å². The molecule has 0 aromatic heterocycles. The summed E-state index contributed by atoms with van der Waals surface area (Å²) in [6.45, 7) is 3.31. The van der Waals surface area contributed by atoms with Gasteiger partial charge in [0.1, 0.15) is 0 Å². The normalized spacial score (nSPS) is 12.7. The van der Waals surface area contributed by atoms with E-state index in [4.69, 9.17) is 4.74 Å². The maximum atomic E-state index is 12.3. The van der Waals surface area contributed by atoms with Gasteiger partial charge in [-0.05, 0) is 42.3 Å². The number of esters is 1. The first kappa shape index (κ1) is 22.9. The molecule has 2 aromatic carbocycles. The van der Waals surface area contributed by atoms with Crippen LogP contribution in [0.25, 0.3) is 0 Å². The molecule has 1 aliphatic heterocycles. The number of carbonyl (C=O) groups excluding carboxylic acids is 5. The molecule has 1 N–H and O–H groups in total. The Labute approximate surface area is 185 Å². The van der Waals surface area contributed by atoms with Crippen molar-refractivity contribution in [2.45, 2.75) is 26.7 Å². The van der Waals surface area contributed by atoms with Crippen molar-refractivity contribution in [1.29, 1.82) is 0 Å². The second-order valence-electron chi connectivity index (χ2n) is 7.86. The molecule has 0 aliphatic carbocycles. The van der Waals surface area contributed by atoms with Crippen LogP contribution < -0.4 is 5.32 Å². The second-order valence-corrected chi connectivity index (χ2v) is 7.86. The molecule has 1 heterocycles. The van der Waals surface area contributed by atoms with Gasteiger partial charge in [0.05, 0.1) is 17.5 Å². The molecule has 32 heavy (non-hydrogen) atoms. The van der Waals surface area contributed by atoms with E-state index < -0.39 is 30.2 Å². The molecule has 8 heteroatoms. The van der Waals surface area contributed by atoms with Crippen LogP contribution in [0.4, 0.5) is 5.69 Å². The number of hydrogen-bond acceptors (Lipinski definition) is 6. The first-order chi connectivity index (χ1) is 15.3. The smallest absolute Gasteiger partial charge is 0.308 e. The van der Waals surface area contributed by atoms with E-state index in [1.165, 1.54) is 0 Å². The van der Waals surface area contributed by atoms with Crippen LogP contribution >= 0.6 is 0 Å². The molecule has 166 valence electrons. The molecule has 0 saturated heterocycles. The lowest BCUT2D eigenvalue weighted by atomic mass is 10.1. The van der Waals surface area contributed by atoms with Gasteiger partial charge in [-0.25, -0.2) is 0 Å². The number of anilines is 1. The van der Waals surface area contributed by atoms with Gasteiger partial charge >= 0.3 is 5.97 Å². The van der Waals surface area contributed by atoms with Gasteiger partial charge in [-0.1, -0.05) is 26.0 Å². The Morgan fingerprint density at radius 1 is 0.938 bits per heavy atom. The Morgan fingerprint density at radius 2 is 1.53 bits per heavy atom. The summed E-state index contributed by atoms with van der Waals surface area (Å²) < 4.78 is 5.00. The summed E-state index contributed by atoms with van der Waals surface area (Å²) in [6, 6.07) is 12.8. The zero-order valence-corrected chi connectivity index (χ0v) is 17.9. The Hall–Kier alpha value is -3.81. The van der Waals surface area contributed by atoms with Gasteiger partial charge in [-0.3, -0.25) is 28.9 Å². The van der Waals surface area contributed by atoms with E-state index in [-0.39, 0.29) is 24.8 Å². The van der Waals surface area contributed by atoms with Crippen molar-refractivity contribution >= 4 is 35.2 Å². The summed E-state index contributed by atoms with van der Waals surface area (Å²) >= 11 is 0. The van der Waals surface area contributed by atoms with Crippen LogP contribution in [0.3, 0.4) is 0 Å². The second kappa shape index (κ2) is 10.00. The number of benzene rings is 2. The minimum Gasteiger partial charge on any atom is -0.457 e. The number of ketones is 1. The van der Waals surface area contributed by atoms with E-state index in [1.54, 1.807) is 48.5 Å². The minimum atomic E-state index is -0.688. The number of nitrogens with zero attached hydrogens (tertiary/aromatic N) is 1. The Morgan fingerprint density at radius 3 is 2.09 bits per heavy atom. The van der Waals surface area contributed by atoms with Gasteiger partial charge in [-0.2, -0.15) is 0 Å². The average Bonchev–Trinajstić information content (AvgIpc) is 3.00. The number of hydrogen-bond donors (Lipinski definition) is 1. The monoisotopic (exact) mass is 436 g/mol. The Bertz CT molecular complexity index is 1020. The van der Waals surface area contributed by atoms with Gasteiger partial charge in [0.15, 0.2) is 12.4 Å². The van der Waals surface area contributed by atoms with E-state index in [0.717, 1.165) is 4.90 Å². The summed E-state index contributed by atoms with van der Waals surface area (Å²) in [5, 5.41) is 2.75. The lowest BCUT2D eigenvalue weighted by molar-refractivity contribution is -0.142. The third-order valence-electron chi connectivity index (χ3n) is 4.87. The lowest BCUT2D eigenvalue weighted by Gasteiger charge is -2.13. The molecule has 0 atom stereocenters. The van der Waals surface area contributed by atoms with E-state index in [9.17, 15) is 24.0 Å². The van der Waals surface area contributed by atoms with E-state index in [0.29, 0.717) is 28.8 Å². The van der Waals surface area contributed by atoms with Crippen LogP contribution in [-0.4, -0.2) is 47.5 Å². The van der Waals surface area contributed by atoms with Gasteiger partial charge in [0.2, 0.25) is 5.91 Å². The highest BCUT2D eigenvalue weighted by Gasteiger charge is 2.35. The predicted octanol–water partition coefficient (Wildman–Crippen LogP) is 3.08. The van der Waals surface area contributed by atoms with Gasteiger partial charge < -0.3 is 10.1 Å². The van der Waals surface area contributed by atoms with Crippen molar-refractivity contribution < 1.29 is 28.7 Å². The molecular formula is C24H24N2O6. The van der Waals surface area contributed by atoms with Crippen LogP contribution in [0.2, 0.25) is 0 Å². The Kier molecular flexibility index (Phi) is 7.14. The molecule has 0 spiro atoms. The highest BCUT2D eigenvalue weighted by molar-refractivity contribution is 6.21. The SMILES string of the molecule is CC(C)CC(=O)Nc1ccc(C(=O)COC(=O)CCN2C(=O)c3ccccc3C2=O)cc1. The van der Waals surface area contributed by atoms with Crippen molar-refractivity contribution in [2.24, 2.45) is 5.92 Å². The van der Waals surface area contributed by atoms with Crippen molar-refractivity contribution in [3.8, 4) is 0 Å². The molecule has 0 unspecified atom stereocenters. The fraction of sp³-hybridized carbons (Fsp3) is 0.292. The van der Waals surface area contributed by atoms with Crippen LogP contribution in [0.15, 0.2) is 48.5 Å². The highest BCUT2D eigenvalue weighted by Crippen LogP contribution is 2.22. The van der Waals surface area contributed by atoms with Crippen molar-refractivity contribution in [1.82, 2.24) is 4.90 Å². The first-order valence-electron chi connectivity index (χ1n) is 10.3. The number of nitrogens with one attached hydrogen (secondary N) is 1. The number of Topliss-reactive ketones (excluding diaryl/α,β-unsaturated/α-hetero) is 1. The van der Waals surface area contributed by atoms with Gasteiger partial charge in [0, 0.05) is 24.2 Å². The zero-order chi connectivity index (χ0) is 23.3. The predicted molar refractivity (Wildman–Crippen MR) is 116 cm³/mol. The number of amides is 3. The third kappa shape index (κ3) is 5.46. The summed E-state index contributed by atoms with van der Waals surface area (Å²) in [5.74, 6) is -1.86. The summed E-state index contributed by atoms with van der Waals surface area (Å²) in [6.07, 6.45) is 0.191. The molecule has 1 aliphatic rings. The average molecular weight is 436 g/mol. The minimum absolute atomic E-state index is 0.105. The maximum absolute atomic E-state index is 12.3. The molecule has 0 radical (unpaired) electrons. The molecular weight excluding hydrogens is 412 g/mol. The number of ether oxygens (including phenoxy) is 1. The van der Waals surface area contributed by atoms with Crippen molar-refractivity contribution in [2.75, 3.05) is 18.5 Å². The molecule has 3 rings (SSSR count). The molecule has 3 amide bonds. The quantitative estimate of drug-likeness (QED) is 0.368. The summed E-state index contributed by atoms with van der Waals surface area (Å²) in [4.78, 5) is 61.7. The summed E-state index contributed by atoms with van der Waals surface area (Å²) in [7, 11) is 0. The fourth-order valence-electron chi connectivity index (χ4n) is 3.27. The van der Waals surface area contributed by atoms with Crippen LogP contribution in [0, 0.1) is 5.92 Å². The number of imide groups is 1. The molecule has 0 fully saturated rings. The molecule has 8 nitrogen and oxygen atoms in total. The molecule has 2 aromatic rings. The Balaban J connectivity index is 1.45. The number of carbonyl (C=O) groups is 5. The van der Waals surface area contributed by atoms with E-state index >= 15 is 0 Å². The molecule has 0 saturated carbocycles. The van der Waals surface area contributed by atoms with Crippen molar-refractivity contribution in [3.63, 3.8) is 0 Å². The van der Waals surface area contributed by atoms with Crippen LogP contribution in [0.1, 0.15) is 57.8 Å². The number of fused-ring (bicyclic) bond motifs is 1. The lowest BCUT2D eigenvalue weighted by Crippen LogP contribution is -2.32. The third-order valence-corrected chi connectivity index (χ3v) is 4.87. The zero-order valence-electron chi connectivity index (χ0n) is 17.9. The first-order valence-corrected chi connectivity index (χ1v) is 10.3. The number of rotatable bonds is 9. The standard InChI is InChI=1S/C24H24N2O6/c1-15(2)13-21(28)25-17-9-7-16(8-10-17)20(27)14-32-22(29)11-12-26-23(30)18-5-3-4-6-19(18)24(26)31/h3-10,15H,11-14H2,1-2H3,(H,25,28). The maximum Gasteiger partial charge on any atom is 0.308 e. The van der Waals surface area contributed by atoms with Crippen molar-refractivity contribution in [3.05, 3.63) is 65.2 Å². The van der Waals surface area contributed by atoms with E-state index in [2.05, 4.69) is 5.32 Å².